The van der Waals surface area contributed by atoms with Gasteiger partial charge < -0.3 is 10.2 Å². The SMILES string of the molecule is C=C(C=CCCCC(=O)O)C(=O)O. The monoisotopic (exact) mass is 184 g/mol. The van der Waals surface area contributed by atoms with Gasteiger partial charge in [-0.1, -0.05) is 18.7 Å². The second kappa shape index (κ2) is 5.99. The molecule has 72 valence electrons. The molecule has 0 saturated carbocycles. The summed E-state index contributed by atoms with van der Waals surface area (Å²) in [5.41, 5.74) is 0.00956. The molecule has 13 heavy (non-hydrogen) atoms. The highest BCUT2D eigenvalue weighted by Gasteiger charge is 1.97. The fourth-order valence-corrected chi connectivity index (χ4v) is 0.668. The van der Waals surface area contributed by atoms with E-state index in [1.54, 1.807) is 6.08 Å². The molecule has 0 fully saturated rings. The number of rotatable bonds is 6. The number of unbranched alkanes of at least 4 members (excludes halogenated alkanes) is 1. The van der Waals surface area contributed by atoms with E-state index < -0.39 is 11.9 Å². The van der Waals surface area contributed by atoms with Crippen LogP contribution < -0.4 is 0 Å². The Balaban J connectivity index is 3.58. The van der Waals surface area contributed by atoms with Crippen molar-refractivity contribution in [1.82, 2.24) is 0 Å². The Kier molecular flexibility index (Phi) is 5.27. The number of carboxylic acid groups (broad SMARTS) is 2. The highest BCUT2D eigenvalue weighted by atomic mass is 16.4. The molecule has 0 aromatic carbocycles. The Morgan fingerprint density at radius 3 is 2.38 bits per heavy atom. The van der Waals surface area contributed by atoms with E-state index in [1.807, 2.05) is 0 Å². The Hall–Kier alpha value is -1.58. The summed E-state index contributed by atoms with van der Waals surface area (Å²) in [6.07, 6.45) is 4.16. The number of hydrogen-bond acceptors (Lipinski definition) is 2. The predicted octanol–water partition coefficient (Wildman–Crippen LogP) is 1.44. The summed E-state index contributed by atoms with van der Waals surface area (Å²) in [6.45, 7) is 3.28. The first-order valence-corrected chi connectivity index (χ1v) is 3.84. The average Bonchev–Trinajstić information content (AvgIpc) is 2.02. The molecule has 2 N–H and O–H groups in total. The average molecular weight is 184 g/mol. The van der Waals surface area contributed by atoms with Gasteiger partial charge in [-0.15, -0.1) is 0 Å². The molecule has 0 saturated heterocycles. The summed E-state index contributed by atoms with van der Waals surface area (Å²) >= 11 is 0. The highest BCUT2D eigenvalue weighted by Crippen LogP contribution is 1.99. The third-order valence-electron chi connectivity index (χ3n) is 1.36. The second-order valence-corrected chi connectivity index (χ2v) is 2.52. The summed E-state index contributed by atoms with van der Waals surface area (Å²) < 4.78 is 0. The molecule has 0 aliphatic carbocycles. The quantitative estimate of drug-likeness (QED) is 0.372. The van der Waals surface area contributed by atoms with Crippen molar-refractivity contribution in [1.29, 1.82) is 0 Å². The lowest BCUT2D eigenvalue weighted by atomic mass is 10.2. The predicted molar refractivity (Wildman–Crippen MR) is 47.4 cm³/mol. The van der Waals surface area contributed by atoms with Crippen molar-refractivity contribution in [3.8, 4) is 0 Å². The molecule has 0 aromatic heterocycles. The first-order chi connectivity index (χ1) is 6.04. The van der Waals surface area contributed by atoms with Crippen LogP contribution in [0.2, 0.25) is 0 Å². The number of aliphatic carboxylic acids is 2. The van der Waals surface area contributed by atoms with Crippen LogP contribution in [0.5, 0.6) is 0 Å². The van der Waals surface area contributed by atoms with E-state index in [1.165, 1.54) is 6.08 Å². The van der Waals surface area contributed by atoms with Crippen LogP contribution in [0, 0.1) is 0 Å². The molecular weight excluding hydrogens is 172 g/mol. The maximum atomic E-state index is 10.2. The minimum absolute atomic E-state index is 0.00956. The van der Waals surface area contributed by atoms with E-state index in [2.05, 4.69) is 6.58 Å². The molecule has 0 amide bonds. The van der Waals surface area contributed by atoms with Gasteiger partial charge in [-0.2, -0.15) is 0 Å². The lowest BCUT2D eigenvalue weighted by Crippen LogP contribution is -1.95. The van der Waals surface area contributed by atoms with Gasteiger partial charge in [0.2, 0.25) is 0 Å². The second-order valence-electron chi connectivity index (χ2n) is 2.52. The van der Waals surface area contributed by atoms with Crippen molar-refractivity contribution in [2.75, 3.05) is 0 Å². The number of allylic oxidation sites excluding steroid dienone is 1. The molecule has 0 radical (unpaired) electrons. The van der Waals surface area contributed by atoms with Gasteiger partial charge >= 0.3 is 11.9 Å². The van der Waals surface area contributed by atoms with Crippen molar-refractivity contribution in [2.45, 2.75) is 19.3 Å². The van der Waals surface area contributed by atoms with Crippen LogP contribution in [0.3, 0.4) is 0 Å². The largest absolute Gasteiger partial charge is 0.481 e. The van der Waals surface area contributed by atoms with Crippen molar-refractivity contribution in [3.63, 3.8) is 0 Å². The Bertz CT molecular complexity index is 240. The molecule has 0 bridgehead atoms. The minimum Gasteiger partial charge on any atom is -0.481 e. The fraction of sp³-hybridized carbons (Fsp3) is 0.333. The van der Waals surface area contributed by atoms with E-state index in [0.717, 1.165) is 0 Å². The van der Waals surface area contributed by atoms with E-state index >= 15 is 0 Å². The van der Waals surface area contributed by atoms with Gasteiger partial charge in [-0.3, -0.25) is 4.79 Å². The van der Waals surface area contributed by atoms with Gasteiger partial charge in [0.1, 0.15) is 0 Å². The van der Waals surface area contributed by atoms with E-state index in [-0.39, 0.29) is 12.0 Å². The zero-order valence-electron chi connectivity index (χ0n) is 7.19. The van der Waals surface area contributed by atoms with Gasteiger partial charge in [0, 0.05) is 6.42 Å². The summed E-state index contributed by atoms with van der Waals surface area (Å²) in [5, 5.41) is 16.7. The zero-order valence-corrected chi connectivity index (χ0v) is 7.19. The molecule has 0 rings (SSSR count). The number of carbonyl (C=O) groups is 2. The van der Waals surface area contributed by atoms with Crippen LogP contribution in [-0.4, -0.2) is 22.2 Å². The van der Waals surface area contributed by atoms with Crippen LogP contribution in [-0.2, 0) is 9.59 Å². The summed E-state index contributed by atoms with van der Waals surface area (Å²) in [7, 11) is 0. The molecule has 4 nitrogen and oxygen atoms in total. The molecule has 4 heteroatoms. The van der Waals surface area contributed by atoms with Crippen LogP contribution in [0.25, 0.3) is 0 Å². The minimum atomic E-state index is -1.06. The lowest BCUT2D eigenvalue weighted by Gasteiger charge is -1.91. The van der Waals surface area contributed by atoms with Gasteiger partial charge in [-0.25, -0.2) is 4.79 Å². The Labute approximate surface area is 76.2 Å². The summed E-state index contributed by atoms with van der Waals surface area (Å²) in [5.74, 6) is -1.90. The zero-order chi connectivity index (χ0) is 10.3. The van der Waals surface area contributed by atoms with Gasteiger partial charge in [-0.05, 0) is 12.8 Å². The lowest BCUT2D eigenvalue weighted by molar-refractivity contribution is -0.137. The Morgan fingerprint density at radius 1 is 1.31 bits per heavy atom. The van der Waals surface area contributed by atoms with Crippen molar-refractivity contribution >= 4 is 11.9 Å². The van der Waals surface area contributed by atoms with E-state index in [9.17, 15) is 9.59 Å². The van der Waals surface area contributed by atoms with Gasteiger partial charge in [0.25, 0.3) is 0 Å². The Morgan fingerprint density at radius 2 is 1.92 bits per heavy atom. The van der Waals surface area contributed by atoms with Gasteiger partial charge in [0.15, 0.2) is 0 Å². The molecule has 0 heterocycles. The number of carboxylic acids is 2. The highest BCUT2D eigenvalue weighted by molar-refractivity contribution is 5.88. The molecular formula is C9H12O4. The third-order valence-corrected chi connectivity index (χ3v) is 1.36. The molecule has 0 unspecified atom stereocenters. The summed E-state index contributed by atoms with van der Waals surface area (Å²) in [4.78, 5) is 20.3. The van der Waals surface area contributed by atoms with Crippen LogP contribution in [0.1, 0.15) is 19.3 Å². The molecule has 0 aromatic rings. The molecule has 0 atom stereocenters. The van der Waals surface area contributed by atoms with Crippen LogP contribution in [0.15, 0.2) is 24.3 Å². The molecule has 0 aliphatic heterocycles. The number of hydrogen-bond donors (Lipinski definition) is 2. The van der Waals surface area contributed by atoms with Crippen LogP contribution >= 0.6 is 0 Å². The maximum Gasteiger partial charge on any atom is 0.335 e. The first kappa shape index (κ1) is 11.4. The smallest absolute Gasteiger partial charge is 0.335 e. The van der Waals surface area contributed by atoms with E-state index in [0.29, 0.717) is 12.8 Å². The third kappa shape index (κ3) is 6.80. The summed E-state index contributed by atoms with van der Waals surface area (Å²) in [6, 6.07) is 0. The topological polar surface area (TPSA) is 74.6 Å². The standard InChI is InChI=1S/C9H12O4/c1-7(9(12)13)5-3-2-4-6-8(10)11/h3,5H,1-2,4,6H2,(H,10,11)(H,12,13). The first-order valence-electron chi connectivity index (χ1n) is 3.84. The van der Waals surface area contributed by atoms with Crippen molar-refractivity contribution in [3.05, 3.63) is 24.3 Å². The molecule has 0 aliphatic rings. The maximum absolute atomic E-state index is 10.2. The van der Waals surface area contributed by atoms with Crippen molar-refractivity contribution < 1.29 is 19.8 Å². The van der Waals surface area contributed by atoms with Crippen molar-refractivity contribution in [2.24, 2.45) is 0 Å². The van der Waals surface area contributed by atoms with Gasteiger partial charge in [0.05, 0.1) is 5.57 Å². The van der Waals surface area contributed by atoms with Crippen LogP contribution in [0.4, 0.5) is 0 Å². The normalized spacial score (nSPS) is 10.2. The molecule has 0 spiro atoms. The van der Waals surface area contributed by atoms with E-state index in [4.69, 9.17) is 10.2 Å². The fourth-order valence-electron chi connectivity index (χ4n) is 0.668.